The van der Waals surface area contributed by atoms with Crippen LogP contribution in [0.5, 0.6) is 0 Å². The summed E-state index contributed by atoms with van der Waals surface area (Å²) in [7, 11) is 0. The first-order valence-corrected chi connectivity index (χ1v) is 16.9. The normalized spacial score (nSPS) is 11.2. The summed E-state index contributed by atoms with van der Waals surface area (Å²) >= 11 is 0. The number of anilines is 3. The molecule has 0 atom stereocenters. The van der Waals surface area contributed by atoms with Gasteiger partial charge in [-0.2, -0.15) is 0 Å². The highest BCUT2D eigenvalue weighted by atomic mass is 16.3. The maximum Gasteiger partial charge on any atom is 0.227 e. The fourth-order valence-corrected chi connectivity index (χ4v) is 6.73. The fourth-order valence-electron chi connectivity index (χ4n) is 6.73. The Balaban J connectivity index is 1.08. The van der Waals surface area contributed by atoms with Crippen molar-refractivity contribution < 1.29 is 4.42 Å². The highest BCUT2D eigenvalue weighted by molar-refractivity contribution is 5.93. The van der Waals surface area contributed by atoms with Crippen molar-refractivity contribution in [3.05, 3.63) is 194 Å². The molecule has 236 valence electrons. The van der Waals surface area contributed by atoms with Crippen LogP contribution < -0.4 is 4.90 Å². The number of hydrogen-bond acceptors (Lipinski definition) is 3. The lowest BCUT2D eigenvalue weighted by molar-refractivity contribution is 0.621. The van der Waals surface area contributed by atoms with E-state index >= 15 is 0 Å². The van der Waals surface area contributed by atoms with E-state index in [9.17, 15) is 0 Å². The van der Waals surface area contributed by atoms with Gasteiger partial charge in [0.15, 0.2) is 5.58 Å². The van der Waals surface area contributed by atoms with Gasteiger partial charge in [0.2, 0.25) is 5.89 Å². The van der Waals surface area contributed by atoms with Crippen LogP contribution in [0.1, 0.15) is 0 Å². The molecule has 0 aliphatic heterocycles. The summed E-state index contributed by atoms with van der Waals surface area (Å²) in [5.74, 6) is 0.624. The lowest BCUT2D eigenvalue weighted by atomic mass is 10.0. The number of rotatable bonds is 7. The summed E-state index contributed by atoms with van der Waals surface area (Å²) in [6, 6.07) is 68.2. The third kappa shape index (κ3) is 5.61. The van der Waals surface area contributed by atoms with Crippen LogP contribution in [0.4, 0.5) is 17.1 Å². The van der Waals surface area contributed by atoms with Gasteiger partial charge in [-0.15, -0.1) is 0 Å². The topological polar surface area (TPSA) is 29.3 Å². The molecule has 0 N–H and O–H groups in total. The van der Waals surface area contributed by atoms with Crippen LogP contribution >= 0.6 is 0 Å². The Morgan fingerprint density at radius 3 is 1.42 bits per heavy atom. The molecule has 0 aliphatic rings. The van der Waals surface area contributed by atoms with E-state index in [1.807, 2.05) is 12.1 Å². The molecule has 9 aromatic rings. The maximum absolute atomic E-state index is 6.48. The van der Waals surface area contributed by atoms with Crippen molar-refractivity contribution >= 4 is 38.9 Å². The molecule has 0 amide bonds. The second-order valence-corrected chi connectivity index (χ2v) is 12.4. The Morgan fingerprint density at radius 2 is 0.840 bits per heavy atom. The molecule has 3 nitrogen and oxygen atoms in total. The number of fused-ring (bicyclic) bond motifs is 2. The Labute approximate surface area is 291 Å². The lowest BCUT2D eigenvalue weighted by Gasteiger charge is -2.26. The summed E-state index contributed by atoms with van der Waals surface area (Å²) in [6.45, 7) is 0. The van der Waals surface area contributed by atoms with Crippen LogP contribution in [-0.4, -0.2) is 4.98 Å². The van der Waals surface area contributed by atoms with E-state index in [1.165, 1.54) is 27.6 Å². The van der Waals surface area contributed by atoms with Gasteiger partial charge in [0, 0.05) is 28.2 Å². The highest BCUT2D eigenvalue weighted by Crippen LogP contribution is 2.39. The van der Waals surface area contributed by atoms with Gasteiger partial charge in [-0.05, 0) is 93.2 Å². The summed E-state index contributed by atoms with van der Waals surface area (Å²) in [6.07, 6.45) is 0. The molecule has 0 spiro atoms. The van der Waals surface area contributed by atoms with Crippen molar-refractivity contribution in [1.29, 1.82) is 0 Å². The predicted octanol–water partition coefficient (Wildman–Crippen LogP) is 13.1. The minimum absolute atomic E-state index is 0.624. The van der Waals surface area contributed by atoms with E-state index in [-0.39, 0.29) is 0 Å². The summed E-state index contributed by atoms with van der Waals surface area (Å²) in [5, 5.41) is 2.36. The number of nitrogens with zero attached hydrogens (tertiary/aromatic N) is 2. The molecule has 1 aromatic heterocycles. The maximum atomic E-state index is 6.48. The molecule has 0 radical (unpaired) electrons. The first-order valence-electron chi connectivity index (χ1n) is 16.9. The Kier molecular flexibility index (Phi) is 7.49. The fraction of sp³-hybridized carbons (Fsp3) is 0. The SMILES string of the molecule is c1ccc(-c2ccc(N(c3ccc(-c4ccccc4)cc3)c3ccc(-c4cccc5nc(-c6ccc7ccccc7c6)oc45)cc3)cc2)cc1. The van der Waals surface area contributed by atoms with Crippen molar-refractivity contribution in [3.63, 3.8) is 0 Å². The van der Waals surface area contributed by atoms with Crippen molar-refractivity contribution in [1.82, 2.24) is 4.98 Å². The third-order valence-electron chi connectivity index (χ3n) is 9.31. The monoisotopic (exact) mass is 640 g/mol. The molecule has 9 rings (SSSR count). The van der Waals surface area contributed by atoms with Crippen LogP contribution in [0.2, 0.25) is 0 Å². The van der Waals surface area contributed by atoms with Crippen molar-refractivity contribution in [2.45, 2.75) is 0 Å². The first kappa shape index (κ1) is 29.4. The standard InChI is InChI=1S/C47H32N2O/c1-3-10-33(11-4-1)36-20-26-41(27-21-36)49(42-28-22-37(23-29-42)34-12-5-2-6-13-34)43-30-24-38(25-31-43)44-16-9-17-45-46(44)50-47(48-45)40-19-18-35-14-7-8-15-39(35)32-40/h1-32H. The largest absolute Gasteiger partial charge is 0.435 e. The zero-order valence-electron chi connectivity index (χ0n) is 27.3. The van der Waals surface area contributed by atoms with Gasteiger partial charge in [-0.1, -0.05) is 140 Å². The van der Waals surface area contributed by atoms with Crippen molar-refractivity contribution in [2.75, 3.05) is 4.90 Å². The second kappa shape index (κ2) is 12.7. The van der Waals surface area contributed by atoms with Crippen LogP contribution in [0.25, 0.3) is 66.7 Å². The Bertz CT molecular complexity index is 2470. The van der Waals surface area contributed by atoms with Crippen molar-refractivity contribution in [2.24, 2.45) is 0 Å². The van der Waals surface area contributed by atoms with Crippen LogP contribution in [-0.2, 0) is 0 Å². The molecule has 8 aromatic carbocycles. The van der Waals surface area contributed by atoms with Gasteiger partial charge in [0.05, 0.1) is 0 Å². The molecular formula is C47H32N2O. The molecule has 0 saturated carbocycles. The van der Waals surface area contributed by atoms with Gasteiger partial charge in [0.1, 0.15) is 5.52 Å². The van der Waals surface area contributed by atoms with Crippen LogP contribution in [0.15, 0.2) is 199 Å². The van der Waals surface area contributed by atoms with Crippen LogP contribution in [0.3, 0.4) is 0 Å². The molecule has 0 aliphatic carbocycles. The number of para-hydroxylation sites is 1. The summed E-state index contributed by atoms with van der Waals surface area (Å²) in [5.41, 5.74) is 12.7. The first-order chi connectivity index (χ1) is 24.8. The number of aromatic nitrogens is 1. The summed E-state index contributed by atoms with van der Waals surface area (Å²) < 4.78 is 6.48. The number of oxazole rings is 1. The molecule has 0 fully saturated rings. The van der Waals surface area contributed by atoms with E-state index in [0.29, 0.717) is 5.89 Å². The highest BCUT2D eigenvalue weighted by Gasteiger charge is 2.16. The van der Waals surface area contributed by atoms with Crippen molar-refractivity contribution in [3.8, 4) is 44.8 Å². The lowest BCUT2D eigenvalue weighted by Crippen LogP contribution is -2.09. The minimum Gasteiger partial charge on any atom is -0.435 e. The Hall–Kier alpha value is -6.71. The zero-order chi connectivity index (χ0) is 33.3. The number of benzene rings is 8. The molecule has 50 heavy (non-hydrogen) atoms. The van der Waals surface area contributed by atoms with E-state index in [1.54, 1.807) is 0 Å². The summed E-state index contributed by atoms with van der Waals surface area (Å²) in [4.78, 5) is 7.19. The van der Waals surface area contributed by atoms with Gasteiger partial charge in [-0.25, -0.2) is 4.98 Å². The zero-order valence-corrected chi connectivity index (χ0v) is 27.3. The van der Waals surface area contributed by atoms with E-state index < -0.39 is 0 Å². The quantitative estimate of drug-likeness (QED) is 0.174. The minimum atomic E-state index is 0.624. The van der Waals surface area contributed by atoms with Gasteiger partial charge >= 0.3 is 0 Å². The average Bonchev–Trinajstić information content (AvgIpc) is 3.64. The molecule has 0 saturated heterocycles. The predicted molar refractivity (Wildman–Crippen MR) is 208 cm³/mol. The average molecular weight is 641 g/mol. The molecular weight excluding hydrogens is 609 g/mol. The number of hydrogen-bond donors (Lipinski definition) is 0. The second-order valence-electron chi connectivity index (χ2n) is 12.4. The molecule has 0 unspecified atom stereocenters. The smallest absolute Gasteiger partial charge is 0.227 e. The third-order valence-corrected chi connectivity index (χ3v) is 9.31. The Morgan fingerprint density at radius 1 is 0.360 bits per heavy atom. The van der Waals surface area contributed by atoms with Gasteiger partial charge in [-0.3, -0.25) is 0 Å². The molecule has 1 heterocycles. The van der Waals surface area contributed by atoms with Gasteiger partial charge < -0.3 is 9.32 Å². The van der Waals surface area contributed by atoms with Gasteiger partial charge in [0.25, 0.3) is 0 Å². The molecule has 3 heteroatoms. The molecule has 0 bridgehead atoms. The van der Waals surface area contributed by atoms with E-state index in [2.05, 4.69) is 187 Å². The van der Waals surface area contributed by atoms with E-state index in [4.69, 9.17) is 9.40 Å². The van der Waals surface area contributed by atoms with Crippen LogP contribution in [0, 0.1) is 0 Å². The van der Waals surface area contributed by atoms with E-state index in [0.717, 1.165) is 50.2 Å².